The van der Waals surface area contributed by atoms with Gasteiger partial charge in [-0.1, -0.05) is 6.07 Å². The summed E-state index contributed by atoms with van der Waals surface area (Å²) in [6.07, 6.45) is -3.88. The smallest absolute Gasteiger partial charge is 0.355 e. The number of hydrogen-bond donors (Lipinski definition) is 1. The van der Waals surface area contributed by atoms with E-state index in [-0.39, 0.29) is 6.54 Å². The van der Waals surface area contributed by atoms with Crippen LogP contribution in [0.15, 0.2) is 24.4 Å². The number of amides is 1. The van der Waals surface area contributed by atoms with Crippen LogP contribution in [0.4, 0.5) is 13.2 Å². The number of nitrogens with zero attached hydrogens (tertiary/aromatic N) is 3. The van der Waals surface area contributed by atoms with E-state index >= 15 is 0 Å². The maximum atomic E-state index is 12.1. The van der Waals surface area contributed by atoms with Gasteiger partial charge >= 0.3 is 6.18 Å². The standard InChI is InChI=1S/C15H17F3N4O/c1-10-12(6-8-20-14(23)9-15(16,17)18)11(2)22(21-10)13-5-3-4-7-19-13/h3-5,7H,6,8-9H2,1-2H3,(H,20,23). The minimum absolute atomic E-state index is 0.129. The van der Waals surface area contributed by atoms with Crippen molar-refractivity contribution in [2.75, 3.05) is 6.54 Å². The first-order valence-electron chi connectivity index (χ1n) is 7.08. The van der Waals surface area contributed by atoms with Crippen LogP contribution in [0, 0.1) is 13.8 Å². The van der Waals surface area contributed by atoms with E-state index in [9.17, 15) is 18.0 Å². The summed E-state index contributed by atoms with van der Waals surface area (Å²) in [4.78, 5) is 15.4. The molecular weight excluding hydrogens is 309 g/mol. The molecular formula is C15H17F3N4O. The Labute approximate surface area is 131 Å². The van der Waals surface area contributed by atoms with Gasteiger partial charge in [-0.15, -0.1) is 0 Å². The van der Waals surface area contributed by atoms with Crippen LogP contribution in [-0.2, 0) is 11.2 Å². The lowest BCUT2D eigenvalue weighted by atomic mass is 10.1. The molecule has 8 heteroatoms. The van der Waals surface area contributed by atoms with Crippen LogP contribution >= 0.6 is 0 Å². The first kappa shape index (κ1) is 17.0. The van der Waals surface area contributed by atoms with Gasteiger partial charge in [-0.05, 0) is 38.0 Å². The SMILES string of the molecule is Cc1nn(-c2ccccn2)c(C)c1CCNC(=O)CC(F)(F)F. The molecule has 0 spiro atoms. The lowest BCUT2D eigenvalue weighted by molar-refractivity contribution is -0.153. The topological polar surface area (TPSA) is 59.8 Å². The number of nitrogens with one attached hydrogen (secondary N) is 1. The quantitative estimate of drug-likeness (QED) is 0.918. The van der Waals surface area contributed by atoms with Gasteiger partial charge in [0.15, 0.2) is 5.82 Å². The van der Waals surface area contributed by atoms with E-state index in [4.69, 9.17) is 0 Å². The van der Waals surface area contributed by atoms with Crippen molar-refractivity contribution in [1.82, 2.24) is 20.1 Å². The van der Waals surface area contributed by atoms with Gasteiger partial charge in [-0.25, -0.2) is 9.67 Å². The molecule has 0 bridgehead atoms. The molecule has 1 N–H and O–H groups in total. The molecule has 0 aromatic carbocycles. The summed E-state index contributed by atoms with van der Waals surface area (Å²) in [7, 11) is 0. The summed E-state index contributed by atoms with van der Waals surface area (Å²) in [5.41, 5.74) is 2.51. The molecule has 0 aliphatic rings. The molecule has 2 aromatic heterocycles. The fraction of sp³-hybridized carbons (Fsp3) is 0.400. The molecule has 0 unspecified atom stereocenters. The van der Waals surface area contributed by atoms with Gasteiger partial charge in [0.1, 0.15) is 6.42 Å². The molecule has 2 heterocycles. The van der Waals surface area contributed by atoms with Crippen molar-refractivity contribution in [3.8, 4) is 5.82 Å². The van der Waals surface area contributed by atoms with Crippen molar-refractivity contribution in [3.63, 3.8) is 0 Å². The molecule has 124 valence electrons. The monoisotopic (exact) mass is 326 g/mol. The minimum Gasteiger partial charge on any atom is -0.355 e. The lowest BCUT2D eigenvalue weighted by Crippen LogP contribution is -2.30. The second kappa shape index (κ2) is 6.80. The Morgan fingerprint density at radius 3 is 2.65 bits per heavy atom. The van der Waals surface area contributed by atoms with Crippen LogP contribution < -0.4 is 5.32 Å². The van der Waals surface area contributed by atoms with Crippen molar-refractivity contribution < 1.29 is 18.0 Å². The Morgan fingerprint density at radius 1 is 1.30 bits per heavy atom. The number of carbonyl (C=O) groups excluding carboxylic acids is 1. The highest BCUT2D eigenvalue weighted by Crippen LogP contribution is 2.19. The maximum Gasteiger partial charge on any atom is 0.397 e. The number of halogens is 3. The van der Waals surface area contributed by atoms with Crippen molar-refractivity contribution in [2.24, 2.45) is 0 Å². The second-order valence-electron chi connectivity index (χ2n) is 5.14. The predicted octanol–water partition coefficient (Wildman–Crippen LogP) is 2.50. The highest BCUT2D eigenvalue weighted by Gasteiger charge is 2.30. The molecule has 0 saturated heterocycles. The zero-order valence-electron chi connectivity index (χ0n) is 12.8. The molecule has 0 atom stereocenters. The Balaban J connectivity index is 2.02. The van der Waals surface area contributed by atoms with E-state index in [0.29, 0.717) is 12.2 Å². The number of aromatic nitrogens is 3. The van der Waals surface area contributed by atoms with Crippen LogP contribution in [0.5, 0.6) is 0 Å². The Hall–Kier alpha value is -2.38. The number of hydrogen-bond acceptors (Lipinski definition) is 3. The van der Waals surface area contributed by atoms with E-state index in [1.54, 1.807) is 16.9 Å². The third kappa shape index (κ3) is 4.54. The first-order valence-corrected chi connectivity index (χ1v) is 7.08. The predicted molar refractivity (Wildman–Crippen MR) is 78.2 cm³/mol. The van der Waals surface area contributed by atoms with Crippen molar-refractivity contribution >= 4 is 5.91 Å². The van der Waals surface area contributed by atoms with Crippen LogP contribution in [0.25, 0.3) is 5.82 Å². The molecule has 2 aromatic rings. The van der Waals surface area contributed by atoms with Crippen molar-refractivity contribution in [1.29, 1.82) is 0 Å². The van der Waals surface area contributed by atoms with Gasteiger partial charge in [0.2, 0.25) is 5.91 Å². The van der Waals surface area contributed by atoms with Gasteiger partial charge < -0.3 is 5.32 Å². The van der Waals surface area contributed by atoms with E-state index < -0.39 is 18.5 Å². The Morgan fingerprint density at radius 2 is 2.04 bits per heavy atom. The average Bonchev–Trinajstić information content (AvgIpc) is 2.74. The Kier molecular flexibility index (Phi) is 5.02. The summed E-state index contributed by atoms with van der Waals surface area (Å²) in [5, 5.41) is 6.68. The molecule has 0 radical (unpaired) electrons. The lowest BCUT2D eigenvalue weighted by Gasteiger charge is -2.08. The van der Waals surface area contributed by atoms with Gasteiger partial charge in [0.25, 0.3) is 0 Å². The third-order valence-corrected chi connectivity index (χ3v) is 3.37. The minimum atomic E-state index is -4.49. The number of carbonyl (C=O) groups is 1. The fourth-order valence-corrected chi connectivity index (χ4v) is 2.31. The molecule has 1 amide bonds. The first-order chi connectivity index (χ1) is 10.8. The van der Waals surface area contributed by atoms with Crippen LogP contribution in [0.3, 0.4) is 0 Å². The molecule has 0 fully saturated rings. The van der Waals surface area contributed by atoms with Gasteiger partial charge in [0, 0.05) is 18.4 Å². The van der Waals surface area contributed by atoms with E-state index in [2.05, 4.69) is 15.4 Å². The Bertz CT molecular complexity index is 680. The van der Waals surface area contributed by atoms with Crippen LogP contribution in [0.2, 0.25) is 0 Å². The largest absolute Gasteiger partial charge is 0.397 e. The van der Waals surface area contributed by atoms with E-state index in [1.165, 1.54) is 0 Å². The molecule has 5 nitrogen and oxygen atoms in total. The maximum absolute atomic E-state index is 12.1. The van der Waals surface area contributed by atoms with Crippen LogP contribution in [-0.4, -0.2) is 33.4 Å². The van der Waals surface area contributed by atoms with Crippen molar-refractivity contribution in [2.45, 2.75) is 32.9 Å². The number of pyridine rings is 1. The van der Waals surface area contributed by atoms with E-state index in [1.807, 2.05) is 26.0 Å². The summed E-state index contributed by atoms with van der Waals surface area (Å²) in [6.45, 7) is 3.81. The van der Waals surface area contributed by atoms with Crippen molar-refractivity contribution in [3.05, 3.63) is 41.3 Å². The average molecular weight is 326 g/mol. The van der Waals surface area contributed by atoms with Crippen LogP contribution in [0.1, 0.15) is 23.4 Å². The zero-order chi connectivity index (χ0) is 17.0. The molecule has 0 aliphatic heterocycles. The summed E-state index contributed by atoms with van der Waals surface area (Å²) < 4.78 is 38.0. The molecule has 0 aliphatic carbocycles. The third-order valence-electron chi connectivity index (χ3n) is 3.37. The molecule has 0 saturated carbocycles. The number of alkyl halides is 3. The molecule has 2 rings (SSSR count). The molecule has 23 heavy (non-hydrogen) atoms. The zero-order valence-corrected chi connectivity index (χ0v) is 12.8. The second-order valence-corrected chi connectivity index (χ2v) is 5.14. The van der Waals surface area contributed by atoms with Gasteiger partial charge in [-0.3, -0.25) is 4.79 Å². The fourth-order valence-electron chi connectivity index (χ4n) is 2.31. The highest BCUT2D eigenvalue weighted by atomic mass is 19.4. The van der Waals surface area contributed by atoms with Gasteiger partial charge in [0.05, 0.1) is 5.69 Å². The summed E-state index contributed by atoms with van der Waals surface area (Å²) >= 11 is 0. The van der Waals surface area contributed by atoms with Gasteiger partial charge in [-0.2, -0.15) is 18.3 Å². The number of rotatable bonds is 5. The normalized spacial score (nSPS) is 11.5. The summed E-state index contributed by atoms with van der Waals surface area (Å²) in [5.74, 6) is -0.356. The number of aryl methyl sites for hydroxylation is 1. The summed E-state index contributed by atoms with van der Waals surface area (Å²) in [6, 6.07) is 5.45. The highest BCUT2D eigenvalue weighted by molar-refractivity contribution is 5.76. The van der Waals surface area contributed by atoms with E-state index in [0.717, 1.165) is 17.0 Å².